The summed E-state index contributed by atoms with van der Waals surface area (Å²) in [5.74, 6) is -4.77. The first-order chi connectivity index (χ1) is 33.4. The van der Waals surface area contributed by atoms with E-state index in [1.807, 2.05) is 13.8 Å². The molecule has 0 amide bonds. The van der Waals surface area contributed by atoms with Crippen molar-refractivity contribution >= 4 is 73.3 Å². The highest BCUT2D eigenvalue weighted by atomic mass is 32.2. The van der Waals surface area contributed by atoms with Crippen molar-refractivity contribution in [2.45, 2.75) is 98.5 Å². The van der Waals surface area contributed by atoms with Crippen LogP contribution in [0.15, 0.2) is 48.5 Å². The van der Waals surface area contributed by atoms with Gasteiger partial charge >= 0.3 is 11.9 Å². The Morgan fingerprint density at radius 3 is 1.39 bits per heavy atom. The number of carbonyl (C=O) groups excluding carboxylic acids is 7. The van der Waals surface area contributed by atoms with Crippen LogP contribution in [0.1, 0.15) is 126 Å². The summed E-state index contributed by atoms with van der Waals surface area (Å²) in [5, 5.41) is 11.1. The van der Waals surface area contributed by atoms with Gasteiger partial charge in [0.15, 0.2) is 17.9 Å². The van der Waals surface area contributed by atoms with Gasteiger partial charge in [0.2, 0.25) is 31.9 Å². The van der Waals surface area contributed by atoms with Crippen LogP contribution in [0.5, 0.6) is 0 Å². The van der Waals surface area contributed by atoms with Crippen LogP contribution in [0.4, 0.5) is 20.7 Å². The number of benzene rings is 2. The molecule has 2 aromatic heterocycles. The molecule has 1 atom stereocenters. The number of halogens is 2. The Bertz CT molecular complexity index is 2830. The van der Waals surface area contributed by atoms with Crippen molar-refractivity contribution in [2.75, 3.05) is 48.4 Å². The Hall–Kier alpha value is -6.79. The molecule has 2 aromatic carbocycles. The fourth-order valence-electron chi connectivity index (χ4n) is 6.27. The molecule has 72 heavy (non-hydrogen) atoms. The highest BCUT2D eigenvalue weighted by Crippen LogP contribution is 2.36. The van der Waals surface area contributed by atoms with E-state index in [4.69, 9.17) is 4.74 Å². The lowest BCUT2D eigenvalue weighted by Gasteiger charge is -2.23. The number of aliphatic hydroxyl groups excluding tert-OH is 1. The molecular formula is C48H60F2N6O14S2. The summed E-state index contributed by atoms with van der Waals surface area (Å²) in [5.41, 5.74) is 2.41. The van der Waals surface area contributed by atoms with Crippen LogP contribution < -0.4 is 8.61 Å². The highest BCUT2D eigenvalue weighted by Gasteiger charge is 2.29. The van der Waals surface area contributed by atoms with Crippen molar-refractivity contribution in [1.82, 2.24) is 19.9 Å². The summed E-state index contributed by atoms with van der Waals surface area (Å²) in [7, 11) is -4.68. The molecule has 0 fully saturated rings. The van der Waals surface area contributed by atoms with E-state index in [1.54, 1.807) is 27.7 Å². The maximum absolute atomic E-state index is 13.6. The zero-order chi connectivity index (χ0) is 54.8. The lowest BCUT2D eigenvalue weighted by atomic mass is 9.91. The van der Waals surface area contributed by atoms with Crippen LogP contribution in [0.3, 0.4) is 0 Å². The minimum atomic E-state index is -3.73. The molecule has 1 N–H and O–H groups in total. The number of aliphatic hydroxyl groups is 1. The lowest BCUT2D eigenvalue weighted by molar-refractivity contribution is -0.147. The molecule has 0 saturated heterocycles. The van der Waals surface area contributed by atoms with E-state index in [0.717, 1.165) is 21.1 Å². The number of ketones is 4. The number of esters is 2. The molecular weight excluding hydrogens is 987 g/mol. The molecule has 24 heteroatoms. The lowest BCUT2D eigenvalue weighted by Crippen LogP contribution is -2.28. The largest absolute Gasteiger partial charge is 0.466 e. The van der Waals surface area contributed by atoms with E-state index in [-0.39, 0.29) is 89.6 Å². The Morgan fingerprint density at radius 2 is 1.01 bits per heavy atom. The quantitative estimate of drug-likeness (QED) is 0.0552. The number of carbonyl (C=O) groups is 7. The van der Waals surface area contributed by atoms with Crippen LogP contribution in [0.25, 0.3) is 22.5 Å². The molecule has 0 aliphatic heterocycles. The molecule has 20 nitrogen and oxygen atoms in total. The Morgan fingerprint density at radius 1 is 0.625 bits per heavy atom. The van der Waals surface area contributed by atoms with Crippen molar-refractivity contribution in [3.05, 3.63) is 82.7 Å². The number of aromatic nitrogens is 4. The number of hydrogen-bond acceptors (Lipinski definition) is 18. The summed E-state index contributed by atoms with van der Waals surface area (Å²) in [6.45, 7) is 12.1. The monoisotopic (exact) mass is 1050 g/mol. The van der Waals surface area contributed by atoms with E-state index in [9.17, 15) is 64.3 Å². The van der Waals surface area contributed by atoms with E-state index in [2.05, 4.69) is 24.7 Å². The normalized spacial score (nSPS) is 11.6. The fraction of sp³-hybridized carbons (Fsp3) is 0.438. The SMILES string of the molecule is CC(C)c1nc(N(C)S(C)(=O)=O)nc(-c2ccc(F)cc2)c1C=O.CCOC(=O)CC(=O)CC(=O)CC(O)c1c(-c2ccc(F)cc2)nc(N(C)S(C)(=O)=O)nc1C(C)C.CCOC(=O)CC(=O)CC(C)=O. The average Bonchev–Trinajstić information content (AvgIpc) is 3.27. The molecule has 0 bridgehead atoms. The first-order valence-electron chi connectivity index (χ1n) is 22.2. The van der Waals surface area contributed by atoms with Gasteiger partial charge in [-0.05, 0) is 81.1 Å². The molecule has 0 aliphatic rings. The van der Waals surface area contributed by atoms with Crippen LogP contribution >= 0.6 is 0 Å². The summed E-state index contributed by atoms with van der Waals surface area (Å²) in [6, 6.07) is 10.7. The van der Waals surface area contributed by atoms with Crippen molar-refractivity contribution in [1.29, 1.82) is 0 Å². The summed E-state index contributed by atoms with van der Waals surface area (Å²) in [6.07, 6.45) is -0.882. The molecule has 4 aromatic rings. The molecule has 1 unspecified atom stereocenters. The maximum atomic E-state index is 13.6. The number of nitrogens with zero attached hydrogens (tertiary/aromatic N) is 6. The topological polar surface area (TPSA) is 284 Å². The molecule has 2 heterocycles. The van der Waals surface area contributed by atoms with Crippen LogP contribution in [-0.4, -0.2) is 123 Å². The Kier molecular flexibility index (Phi) is 23.6. The molecule has 0 saturated carbocycles. The third-order valence-electron chi connectivity index (χ3n) is 9.82. The Balaban J connectivity index is 0.000000421. The second-order valence-corrected chi connectivity index (χ2v) is 20.6. The van der Waals surface area contributed by atoms with E-state index in [1.165, 1.54) is 69.6 Å². The van der Waals surface area contributed by atoms with E-state index >= 15 is 0 Å². The van der Waals surface area contributed by atoms with Gasteiger partial charge in [0.25, 0.3) is 0 Å². The Labute approximate surface area is 417 Å². The zero-order valence-corrected chi connectivity index (χ0v) is 43.5. The number of Topliss-reactive ketones (excluding diaryl/α,β-unsaturated/α-hetero) is 4. The van der Waals surface area contributed by atoms with Gasteiger partial charge in [-0.3, -0.25) is 33.6 Å². The second kappa shape index (κ2) is 27.7. The molecule has 0 radical (unpaired) electrons. The van der Waals surface area contributed by atoms with Gasteiger partial charge in [-0.1, -0.05) is 27.7 Å². The van der Waals surface area contributed by atoms with Crippen LogP contribution in [0.2, 0.25) is 0 Å². The van der Waals surface area contributed by atoms with E-state index < -0.39 is 80.6 Å². The van der Waals surface area contributed by atoms with Crippen molar-refractivity contribution in [2.24, 2.45) is 0 Å². The first kappa shape index (κ1) is 61.3. The first-order valence-corrected chi connectivity index (χ1v) is 25.9. The van der Waals surface area contributed by atoms with Gasteiger partial charge in [-0.25, -0.2) is 54.2 Å². The predicted octanol–water partition coefficient (Wildman–Crippen LogP) is 5.81. The third kappa shape index (κ3) is 19.1. The number of aldehydes is 1. The smallest absolute Gasteiger partial charge is 0.313 e. The molecule has 4 rings (SSSR count). The number of hydrogen-bond donors (Lipinski definition) is 1. The molecule has 0 aliphatic carbocycles. The van der Waals surface area contributed by atoms with Crippen molar-refractivity contribution in [3.8, 4) is 22.5 Å². The fourth-order valence-corrected chi connectivity index (χ4v) is 7.02. The number of ether oxygens (including phenoxy) is 2. The number of anilines is 2. The van der Waals surface area contributed by atoms with Gasteiger partial charge < -0.3 is 14.6 Å². The maximum Gasteiger partial charge on any atom is 0.313 e. The van der Waals surface area contributed by atoms with Crippen molar-refractivity contribution in [3.63, 3.8) is 0 Å². The number of sulfonamides is 2. The summed E-state index contributed by atoms with van der Waals surface area (Å²) >= 11 is 0. The summed E-state index contributed by atoms with van der Waals surface area (Å²) in [4.78, 5) is 96.8. The van der Waals surface area contributed by atoms with Gasteiger partial charge in [-0.2, -0.15) is 0 Å². The third-order valence-corrected chi connectivity index (χ3v) is 12.1. The second-order valence-electron chi connectivity index (χ2n) is 16.6. The number of rotatable bonds is 22. The van der Waals surface area contributed by atoms with Crippen molar-refractivity contribution < 1.29 is 73.8 Å². The molecule has 392 valence electrons. The predicted molar refractivity (Wildman–Crippen MR) is 262 cm³/mol. The van der Waals surface area contributed by atoms with Crippen LogP contribution in [-0.2, 0) is 58.3 Å². The average molecular weight is 1050 g/mol. The van der Waals surface area contributed by atoms with E-state index in [0.29, 0.717) is 23.1 Å². The van der Waals surface area contributed by atoms with Gasteiger partial charge in [-0.15, -0.1) is 0 Å². The van der Waals surface area contributed by atoms with Gasteiger partial charge in [0.1, 0.15) is 36.0 Å². The molecule has 0 spiro atoms. The minimum absolute atomic E-state index is 0.0360. The van der Waals surface area contributed by atoms with Gasteiger partial charge in [0, 0.05) is 37.2 Å². The minimum Gasteiger partial charge on any atom is -0.466 e. The zero-order valence-electron chi connectivity index (χ0n) is 41.9. The van der Waals surface area contributed by atoms with Crippen LogP contribution in [0, 0.1) is 11.6 Å². The highest BCUT2D eigenvalue weighted by molar-refractivity contribution is 7.92. The van der Waals surface area contributed by atoms with Gasteiger partial charge in [0.05, 0.1) is 73.0 Å². The standard InChI is InChI=1S/C24H30FN3O7S.C16H18FN3O3S.C8H12O4/c1-6-35-20(32)13-18(30)11-17(29)12-19(31)21-22(14(2)3)26-24(28(4)36(5,33)34)27-23(21)15-7-9-16(25)10-8-15;1-10(2)14-13(9-21)15(11-5-7-12(17)8-6-11)19-16(18-14)20(3)24(4,22)23;1-3-12-8(11)5-7(10)4-6(2)9/h7-10,14,19,31H,6,11-13H2,1-5H3;5-10H,1-4H3;3-5H2,1-2H3. The summed E-state index contributed by atoms with van der Waals surface area (Å²) < 4.78 is 85.6.